The fourth-order valence-corrected chi connectivity index (χ4v) is 3.21. The first-order chi connectivity index (χ1) is 12.2. The second-order valence-corrected chi connectivity index (χ2v) is 6.40. The van der Waals surface area contributed by atoms with E-state index in [2.05, 4.69) is 20.2 Å². The number of hydrogen-bond donors (Lipinski definition) is 1. The van der Waals surface area contributed by atoms with Crippen molar-refractivity contribution in [2.24, 2.45) is 0 Å². The Balaban J connectivity index is 1.48. The van der Waals surface area contributed by atoms with Crippen molar-refractivity contribution in [1.29, 1.82) is 0 Å². The van der Waals surface area contributed by atoms with Gasteiger partial charge in [-0.25, -0.2) is 14.8 Å². The van der Waals surface area contributed by atoms with Crippen LogP contribution in [0.3, 0.4) is 0 Å². The molecule has 3 heterocycles. The van der Waals surface area contributed by atoms with Crippen LogP contribution in [0.25, 0.3) is 0 Å². The fourth-order valence-electron chi connectivity index (χ4n) is 3.21. The first kappa shape index (κ1) is 17.4. The number of amides is 2. The Labute approximate surface area is 147 Å². The molecule has 0 radical (unpaired) electrons. The Morgan fingerprint density at radius 3 is 2.40 bits per heavy atom. The molecule has 25 heavy (non-hydrogen) atoms. The lowest BCUT2D eigenvalue weighted by molar-refractivity contribution is 0.0859. The predicted octanol–water partition coefficient (Wildman–Crippen LogP) is 1.43. The summed E-state index contributed by atoms with van der Waals surface area (Å²) in [5.41, 5.74) is 0.468. The molecule has 0 aromatic carbocycles. The van der Waals surface area contributed by atoms with Crippen LogP contribution >= 0.6 is 0 Å². The van der Waals surface area contributed by atoms with Gasteiger partial charge in [-0.1, -0.05) is 0 Å². The number of piperidine rings is 1. The molecule has 2 aliphatic heterocycles. The summed E-state index contributed by atoms with van der Waals surface area (Å²) in [7, 11) is 0. The maximum absolute atomic E-state index is 12.4. The third kappa shape index (κ3) is 4.37. The van der Waals surface area contributed by atoms with E-state index in [1.54, 1.807) is 24.2 Å². The average molecular weight is 347 g/mol. The zero-order valence-electron chi connectivity index (χ0n) is 14.6. The summed E-state index contributed by atoms with van der Waals surface area (Å²) < 4.78 is 5.00. The number of rotatable bonds is 4. The van der Waals surface area contributed by atoms with Crippen molar-refractivity contribution in [2.45, 2.75) is 38.6 Å². The summed E-state index contributed by atoms with van der Waals surface area (Å²) in [6.07, 6.45) is 6.66. The first-order valence-electron chi connectivity index (χ1n) is 8.97. The highest BCUT2D eigenvalue weighted by atomic mass is 16.6. The van der Waals surface area contributed by atoms with Gasteiger partial charge < -0.3 is 19.9 Å². The van der Waals surface area contributed by atoms with E-state index >= 15 is 0 Å². The van der Waals surface area contributed by atoms with E-state index in [0.717, 1.165) is 38.8 Å². The van der Waals surface area contributed by atoms with Crippen LogP contribution in [0, 0.1) is 0 Å². The maximum atomic E-state index is 12.4. The van der Waals surface area contributed by atoms with Gasteiger partial charge in [0.05, 0.1) is 12.2 Å². The van der Waals surface area contributed by atoms with Crippen LogP contribution in [0.2, 0.25) is 0 Å². The largest absolute Gasteiger partial charge is 0.450 e. The molecule has 1 aromatic rings. The number of hydrogen-bond acceptors (Lipinski definition) is 6. The molecular formula is C17H25N5O3. The van der Waals surface area contributed by atoms with Crippen molar-refractivity contribution in [3.8, 4) is 0 Å². The molecule has 0 spiro atoms. The molecule has 2 amide bonds. The molecule has 3 rings (SSSR count). The van der Waals surface area contributed by atoms with E-state index in [-0.39, 0.29) is 18.0 Å². The minimum absolute atomic E-state index is 0.0523. The Bertz CT molecular complexity index is 593. The second kappa shape index (κ2) is 8.13. The van der Waals surface area contributed by atoms with Crippen LogP contribution in [0.4, 0.5) is 10.7 Å². The molecule has 2 fully saturated rings. The summed E-state index contributed by atoms with van der Waals surface area (Å²) in [6.45, 7) is 5.31. The standard InChI is InChI=1S/C17H25N5O3/c1-2-25-17(24)22-9-5-14(6-10-22)20-15(23)13-11-18-16(19-12-13)21-7-3-4-8-21/h11-12,14H,2-10H2,1H3,(H,20,23). The van der Waals surface area contributed by atoms with Gasteiger partial charge >= 0.3 is 6.09 Å². The molecule has 0 bridgehead atoms. The molecule has 2 saturated heterocycles. The van der Waals surface area contributed by atoms with Crippen molar-refractivity contribution < 1.29 is 14.3 Å². The van der Waals surface area contributed by atoms with Crippen molar-refractivity contribution in [3.05, 3.63) is 18.0 Å². The highest BCUT2D eigenvalue weighted by Gasteiger charge is 2.25. The summed E-state index contributed by atoms with van der Waals surface area (Å²) in [5.74, 6) is 0.527. The highest BCUT2D eigenvalue weighted by Crippen LogP contribution is 2.15. The minimum atomic E-state index is -0.279. The van der Waals surface area contributed by atoms with Gasteiger partial charge in [0.25, 0.3) is 5.91 Å². The lowest BCUT2D eigenvalue weighted by atomic mass is 10.1. The Kier molecular flexibility index (Phi) is 5.67. The third-order valence-electron chi connectivity index (χ3n) is 4.65. The third-order valence-corrected chi connectivity index (χ3v) is 4.65. The molecular weight excluding hydrogens is 322 g/mol. The van der Waals surface area contributed by atoms with Crippen molar-refractivity contribution in [2.75, 3.05) is 37.7 Å². The lowest BCUT2D eigenvalue weighted by Crippen LogP contribution is -2.46. The number of carbonyl (C=O) groups excluding carboxylic acids is 2. The van der Waals surface area contributed by atoms with Crippen molar-refractivity contribution in [1.82, 2.24) is 20.2 Å². The Hall–Kier alpha value is -2.38. The molecule has 8 heteroatoms. The molecule has 8 nitrogen and oxygen atoms in total. The SMILES string of the molecule is CCOC(=O)N1CCC(NC(=O)c2cnc(N3CCCC3)nc2)CC1. The van der Waals surface area contributed by atoms with Crippen LogP contribution in [-0.2, 0) is 4.74 Å². The van der Waals surface area contributed by atoms with Gasteiger partial charge in [-0.15, -0.1) is 0 Å². The topological polar surface area (TPSA) is 87.7 Å². The average Bonchev–Trinajstić information content (AvgIpc) is 3.17. The van der Waals surface area contributed by atoms with Crippen LogP contribution in [-0.4, -0.2) is 65.7 Å². The minimum Gasteiger partial charge on any atom is -0.450 e. The molecule has 0 unspecified atom stereocenters. The number of nitrogens with zero attached hydrogens (tertiary/aromatic N) is 4. The quantitative estimate of drug-likeness (QED) is 0.886. The van der Waals surface area contributed by atoms with Crippen molar-refractivity contribution in [3.63, 3.8) is 0 Å². The van der Waals surface area contributed by atoms with Crippen LogP contribution in [0.5, 0.6) is 0 Å². The number of carbonyl (C=O) groups is 2. The number of aromatic nitrogens is 2. The van der Waals surface area contributed by atoms with Gasteiger partial charge in [-0.05, 0) is 32.6 Å². The summed E-state index contributed by atoms with van der Waals surface area (Å²) >= 11 is 0. The Morgan fingerprint density at radius 1 is 1.16 bits per heavy atom. The van der Waals surface area contributed by atoms with Gasteiger partial charge in [0, 0.05) is 44.6 Å². The van der Waals surface area contributed by atoms with Gasteiger partial charge in [0.1, 0.15) is 0 Å². The van der Waals surface area contributed by atoms with Gasteiger partial charge in [0.15, 0.2) is 0 Å². The van der Waals surface area contributed by atoms with E-state index in [4.69, 9.17) is 4.74 Å². The number of nitrogens with one attached hydrogen (secondary N) is 1. The second-order valence-electron chi connectivity index (χ2n) is 6.40. The van der Waals surface area contributed by atoms with Crippen molar-refractivity contribution >= 4 is 17.9 Å². The van der Waals surface area contributed by atoms with E-state index < -0.39 is 0 Å². The molecule has 1 aromatic heterocycles. The monoisotopic (exact) mass is 347 g/mol. The van der Waals surface area contributed by atoms with Crippen LogP contribution in [0.15, 0.2) is 12.4 Å². The zero-order chi connectivity index (χ0) is 17.6. The molecule has 1 N–H and O–H groups in total. The van der Waals surface area contributed by atoms with Gasteiger partial charge in [-0.3, -0.25) is 4.79 Å². The van der Waals surface area contributed by atoms with E-state index in [9.17, 15) is 9.59 Å². The van der Waals surface area contributed by atoms with Gasteiger partial charge in [0.2, 0.25) is 5.95 Å². The molecule has 0 saturated carbocycles. The number of anilines is 1. The lowest BCUT2D eigenvalue weighted by Gasteiger charge is -2.31. The smallest absolute Gasteiger partial charge is 0.409 e. The van der Waals surface area contributed by atoms with E-state index in [1.165, 1.54) is 0 Å². The number of likely N-dealkylation sites (tertiary alicyclic amines) is 1. The fraction of sp³-hybridized carbons (Fsp3) is 0.647. The summed E-state index contributed by atoms with van der Waals surface area (Å²) in [5, 5.41) is 3.00. The normalized spacial score (nSPS) is 18.3. The molecule has 0 atom stereocenters. The first-order valence-corrected chi connectivity index (χ1v) is 8.97. The van der Waals surface area contributed by atoms with Crippen LogP contribution in [0.1, 0.15) is 43.0 Å². The number of ether oxygens (including phenoxy) is 1. The van der Waals surface area contributed by atoms with Gasteiger partial charge in [-0.2, -0.15) is 0 Å². The highest BCUT2D eigenvalue weighted by molar-refractivity contribution is 5.93. The Morgan fingerprint density at radius 2 is 1.80 bits per heavy atom. The summed E-state index contributed by atoms with van der Waals surface area (Å²) in [4.78, 5) is 36.5. The summed E-state index contributed by atoms with van der Waals surface area (Å²) in [6, 6.07) is 0.0523. The molecule has 2 aliphatic rings. The molecule has 0 aliphatic carbocycles. The van der Waals surface area contributed by atoms with Crippen LogP contribution < -0.4 is 10.2 Å². The van der Waals surface area contributed by atoms with E-state index in [1.807, 2.05) is 0 Å². The molecule has 136 valence electrons. The van der Waals surface area contributed by atoms with E-state index in [0.29, 0.717) is 31.2 Å². The maximum Gasteiger partial charge on any atom is 0.409 e. The predicted molar refractivity (Wildman–Crippen MR) is 92.6 cm³/mol. The zero-order valence-corrected chi connectivity index (χ0v) is 14.6.